The summed E-state index contributed by atoms with van der Waals surface area (Å²) < 4.78 is 24.4. The average molecular weight is 268 g/mol. The van der Waals surface area contributed by atoms with Gasteiger partial charge in [-0.15, -0.1) is 11.6 Å². The van der Waals surface area contributed by atoms with Gasteiger partial charge in [-0.3, -0.25) is 0 Å². The lowest BCUT2D eigenvalue weighted by atomic mass is 10.3. The summed E-state index contributed by atoms with van der Waals surface area (Å²) in [5.74, 6) is 0.306. The highest BCUT2D eigenvalue weighted by atomic mass is 35.5. The normalized spacial score (nSPS) is 10.2. The van der Waals surface area contributed by atoms with E-state index < -0.39 is 5.82 Å². The maximum absolute atomic E-state index is 13.9. The van der Waals surface area contributed by atoms with Crippen LogP contribution in [0.15, 0.2) is 36.5 Å². The van der Waals surface area contributed by atoms with Crippen LogP contribution < -0.4 is 9.47 Å². The third-order valence-corrected chi connectivity index (χ3v) is 2.64. The van der Waals surface area contributed by atoms with E-state index >= 15 is 0 Å². The molecule has 0 bridgehead atoms. The van der Waals surface area contributed by atoms with Crippen LogP contribution in [-0.4, -0.2) is 12.1 Å². The zero-order valence-electron chi connectivity index (χ0n) is 9.69. The van der Waals surface area contributed by atoms with Gasteiger partial charge in [-0.2, -0.15) is 0 Å². The van der Waals surface area contributed by atoms with Gasteiger partial charge in [0.25, 0.3) is 5.88 Å². The fourth-order valence-electron chi connectivity index (χ4n) is 1.44. The molecule has 0 saturated carbocycles. The first-order chi connectivity index (χ1) is 8.76. The van der Waals surface area contributed by atoms with Gasteiger partial charge >= 0.3 is 0 Å². The molecule has 1 heterocycles. The van der Waals surface area contributed by atoms with Gasteiger partial charge in [0.05, 0.1) is 13.0 Å². The Morgan fingerprint density at radius 2 is 1.94 bits per heavy atom. The third kappa shape index (κ3) is 2.54. The number of hydrogen-bond acceptors (Lipinski definition) is 3. The van der Waals surface area contributed by atoms with Gasteiger partial charge in [0.1, 0.15) is 0 Å². The first kappa shape index (κ1) is 12.6. The molecule has 2 rings (SSSR count). The number of methoxy groups -OCH3 is 1. The highest BCUT2D eigenvalue weighted by Gasteiger charge is 2.13. The molecule has 0 fully saturated rings. The van der Waals surface area contributed by atoms with E-state index in [2.05, 4.69) is 4.98 Å². The maximum Gasteiger partial charge on any atom is 0.256 e. The summed E-state index contributed by atoms with van der Waals surface area (Å²) in [6, 6.07) is 8.47. The SMILES string of the molecule is COc1ccccc1Oc1nccc(CCl)c1F. The number of halogens is 2. The highest BCUT2D eigenvalue weighted by molar-refractivity contribution is 6.17. The summed E-state index contributed by atoms with van der Waals surface area (Å²) >= 11 is 5.62. The molecule has 0 saturated heterocycles. The summed E-state index contributed by atoms with van der Waals surface area (Å²) in [6.45, 7) is 0. The van der Waals surface area contributed by atoms with Crippen LogP contribution in [0.5, 0.6) is 17.4 Å². The van der Waals surface area contributed by atoms with Crippen molar-refractivity contribution in [3.05, 3.63) is 47.9 Å². The minimum absolute atomic E-state index is 0.0661. The van der Waals surface area contributed by atoms with Crippen molar-refractivity contribution in [1.29, 1.82) is 0 Å². The summed E-state index contributed by atoms with van der Waals surface area (Å²) in [4.78, 5) is 3.85. The summed E-state index contributed by atoms with van der Waals surface area (Å²) in [5.41, 5.74) is 0.344. The molecule has 0 N–H and O–H groups in total. The van der Waals surface area contributed by atoms with Crippen molar-refractivity contribution in [2.75, 3.05) is 7.11 Å². The molecule has 94 valence electrons. The van der Waals surface area contributed by atoms with E-state index in [9.17, 15) is 4.39 Å². The summed E-state index contributed by atoms with van der Waals surface area (Å²) in [7, 11) is 1.52. The number of hydrogen-bond donors (Lipinski definition) is 0. The Labute approximate surface area is 109 Å². The predicted molar refractivity (Wildman–Crippen MR) is 66.8 cm³/mol. The Morgan fingerprint density at radius 3 is 2.61 bits per heavy atom. The van der Waals surface area contributed by atoms with Crippen LogP contribution in [0.2, 0.25) is 0 Å². The van der Waals surface area contributed by atoms with Crippen molar-refractivity contribution in [2.24, 2.45) is 0 Å². The Bertz CT molecular complexity index is 548. The van der Waals surface area contributed by atoms with Crippen molar-refractivity contribution in [1.82, 2.24) is 4.98 Å². The smallest absolute Gasteiger partial charge is 0.256 e. The minimum Gasteiger partial charge on any atom is -0.493 e. The quantitative estimate of drug-likeness (QED) is 0.791. The predicted octanol–water partition coefficient (Wildman–Crippen LogP) is 3.76. The first-order valence-corrected chi connectivity index (χ1v) is 5.80. The standard InChI is InChI=1S/C13H11ClFNO2/c1-17-10-4-2-3-5-11(10)18-13-12(15)9(8-14)6-7-16-13/h2-7H,8H2,1H3. The molecule has 0 amide bonds. The van der Waals surface area contributed by atoms with Gasteiger partial charge in [0.15, 0.2) is 17.3 Å². The lowest BCUT2D eigenvalue weighted by Crippen LogP contribution is -1.97. The van der Waals surface area contributed by atoms with Crippen LogP contribution in [0.25, 0.3) is 0 Å². The molecular weight excluding hydrogens is 257 g/mol. The largest absolute Gasteiger partial charge is 0.493 e. The topological polar surface area (TPSA) is 31.4 Å². The second-order valence-electron chi connectivity index (χ2n) is 3.48. The summed E-state index contributed by atoms with van der Waals surface area (Å²) in [5, 5.41) is 0. The van der Waals surface area contributed by atoms with E-state index in [-0.39, 0.29) is 11.8 Å². The number of benzene rings is 1. The number of ether oxygens (including phenoxy) is 2. The number of para-hydroxylation sites is 2. The van der Waals surface area contributed by atoms with Crippen molar-refractivity contribution in [2.45, 2.75) is 5.88 Å². The average Bonchev–Trinajstić information content (AvgIpc) is 2.42. The fraction of sp³-hybridized carbons (Fsp3) is 0.154. The van der Waals surface area contributed by atoms with Gasteiger partial charge in [0.2, 0.25) is 0 Å². The molecule has 0 aliphatic rings. The molecule has 18 heavy (non-hydrogen) atoms. The molecule has 5 heteroatoms. The van der Waals surface area contributed by atoms with Crippen molar-refractivity contribution < 1.29 is 13.9 Å². The zero-order valence-corrected chi connectivity index (χ0v) is 10.4. The molecule has 0 spiro atoms. The molecular formula is C13H11ClFNO2. The highest BCUT2D eigenvalue weighted by Crippen LogP contribution is 2.31. The second-order valence-corrected chi connectivity index (χ2v) is 3.74. The van der Waals surface area contributed by atoms with Crippen molar-refractivity contribution in [3.63, 3.8) is 0 Å². The van der Waals surface area contributed by atoms with Crippen molar-refractivity contribution >= 4 is 11.6 Å². The molecule has 3 nitrogen and oxygen atoms in total. The molecule has 1 aromatic carbocycles. The number of rotatable bonds is 4. The van der Waals surface area contributed by atoms with Crippen LogP contribution in [0, 0.1) is 5.82 Å². The Kier molecular flexibility index (Phi) is 3.99. The molecule has 0 atom stereocenters. The Balaban J connectivity index is 2.34. The molecule has 0 unspecified atom stereocenters. The lowest BCUT2D eigenvalue weighted by Gasteiger charge is -2.10. The number of nitrogens with zero attached hydrogens (tertiary/aromatic N) is 1. The molecule has 0 aliphatic heterocycles. The first-order valence-electron chi connectivity index (χ1n) is 5.26. The van der Waals surface area contributed by atoms with E-state index in [1.54, 1.807) is 24.3 Å². The number of alkyl halides is 1. The van der Waals surface area contributed by atoms with Gasteiger partial charge in [0, 0.05) is 11.8 Å². The fourth-order valence-corrected chi connectivity index (χ4v) is 1.65. The minimum atomic E-state index is -0.557. The Morgan fingerprint density at radius 1 is 1.22 bits per heavy atom. The van der Waals surface area contributed by atoms with Gasteiger partial charge in [-0.25, -0.2) is 9.37 Å². The van der Waals surface area contributed by atoms with Gasteiger partial charge in [-0.1, -0.05) is 12.1 Å². The lowest BCUT2D eigenvalue weighted by molar-refractivity contribution is 0.363. The van der Waals surface area contributed by atoms with Crippen molar-refractivity contribution in [3.8, 4) is 17.4 Å². The summed E-state index contributed by atoms with van der Waals surface area (Å²) in [6.07, 6.45) is 1.45. The molecule has 0 aliphatic carbocycles. The van der Waals surface area contributed by atoms with Crippen LogP contribution in [0.4, 0.5) is 4.39 Å². The molecule has 0 radical (unpaired) electrons. The van der Waals surface area contributed by atoms with Crippen LogP contribution >= 0.6 is 11.6 Å². The van der Waals surface area contributed by atoms with E-state index in [0.29, 0.717) is 17.1 Å². The van der Waals surface area contributed by atoms with E-state index in [1.807, 2.05) is 0 Å². The van der Waals surface area contributed by atoms with Crippen LogP contribution in [0.3, 0.4) is 0 Å². The molecule has 2 aromatic rings. The van der Waals surface area contributed by atoms with Gasteiger partial charge < -0.3 is 9.47 Å². The monoisotopic (exact) mass is 267 g/mol. The zero-order chi connectivity index (χ0) is 13.0. The van der Waals surface area contributed by atoms with Crippen LogP contribution in [-0.2, 0) is 5.88 Å². The van der Waals surface area contributed by atoms with Gasteiger partial charge in [-0.05, 0) is 18.2 Å². The molecule has 1 aromatic heterocycles. The second kappa shape index (κ2) is 5.69. The third-order valence-electron chi connectivity index (χ3n) is 2.36. The number of pyridine rings is 1. The van der Waals surface area contributed by atoms with Crippen LogP contribution in [0.1, 0.15) is 5.56 Å². The van der Waals surface area contributed by atoms with E-state index in [4.69, 9.17) is 21.1 Å². The maximum atomic E-state index is 13.9. The number of aromatic nitrogens is 1. The van der Waals surface area contributed by atoms with E-state index in [0.717, 1.165) is 0 Å². The van der Waals surface area contributed by atoms with E-state index in [1.165, 1.54) is 19.4 Å². The Hall–Kier alpha value is -1.81.